The van der Waals surface area contributed by atoms with Gasteiger partial charge in [0.05, 0.1) is 35.5 Å². The Bertz CT molecular complexity index is 1620. The summed E-state index contributed by atoms with van der Waals surface area (Å²) in [7, 11) is 2.50. The second-order valence-electron chi connectivity index (χ2n) is 9.73. The zero-order chi connectivity index (χ0) is 31.5. The highest BCUT2D eigenvalue weighted by molar-refractivity contribution is 7.95. The lowest BCUT2D eigenvalue weighted by Gasteiger charge is -2.26. The normalized spacial score (nSPS) is 14.0. The Hall–Kier alpha value is -4.57. The van der Waals surface area contributed by atoms with Gasteiger partial charge in [-0.2, -0.15) is 26.6 Å². The molecular formula is C27H31F3N8O4S. The van der Waals surface area contributed by atoms with Gasteiger partial charge in [0.2, 0.25) is 11.9 Å². The maximum Gasteiger partial charge on any atom is 0.407 e. The number of benzene rings is 2. The van der Waals surface area contributed by atoms with Crippen LogP contribution in [0.15, 0.2) is 61.3 Å². The fraction of sp³-hybridized carbons (Fsp3) is 0.296. The molecule has 16 heteroatoms. The molecule has 0 radical (unpaired) electrons. The van der Waals surface area contributed by atoms with Crippen LogP contribution in [0.4, 0.5) is 53.4 Å². The zero-order valence-electron chi connectivity index (χ0n) is 23.9. The molecule has 1 aliphatic rings. The molecule has 1 amide bonds. The second kappa shape index (κ2) is 12.3. The average Bonchev–Trinajstić information content (AvgIpc) is 3.16. The van der Waals surface area contributed by atoms with E-state index in [9.17, 15) is 26.4 Å². The van der Waals surface area contributed by atoms with Gasteiger partial charge in [0.25, 0.3) is 0 Å². The molecule has 0 saturated carbocycles. The summed E-state index contributed by atoms with van der Waals surface area (Å²) in [6.07, 6.45) is -2.38. The van der Waals surface area contributed by atoms with Crippen molar-refractivity contribution in [2.45, 2.75) is 6.18 Å². The fourth-order valence-electron chi connectivity index (χ4n) is 4.31. The molecule has 0 fully saturated rings. The van der Waals surface area contributed by atoms with Gasteiger partial charge in [-0.3, -0.25) is 4.79 Å². The lowest BCUT2D eigenvalue weighted by atomic mass is 10.2. The van der Waals surface area contributed by atoms with Crippen molar-refractivity contribution in [1.29, 1.82) is 0 Å². The van der Waals surface area contributed by atoms with Gasteiger partial charge >= 0.3 is 16.4 Å². The van der Waals surface area contributed by atoms with Crippen LogP contribution in [0.5, 0.6) is 5.75 Å². The number of ether oxygens (including phenoxy) is 1. The van der Waals surface area contributed by atoms with Gasteiger partial charge in [-0.15, -0.1) is 0 Å². The molecule has 43 heavy (non-hydrogen) atoms. The molecule has 0 unspecified atom stereocenters. The van der Waals surface area contributed by atoms with Gasteiger partial charge in [-0.05, 0) is 38.4 Å². The molecule has 4 rings (SSSR count). The Morgan fingerprint density at radius 2 is 1.79 bits per heavy atom. The number of nitrogens with one attached hydrogen (secondary N) is 2. The van der Waals surface area contributed by atoms with Crippen LogP contribution in [0.1, 0.15) is 0 Å². The molecule has 2 aromatic carbocycles. The van der Waals surface area contributed by atoms with E-state index in [1.165, 1.54) is 43.6 Å². The van der Waals surface area contributed by atoms with Gasteiger partial charge in [0.1, 0.15) is 12.3 Å². The Labute approximate surface area is 247 Å². The number of halogens is 3. The number of rotatable bonds is 11. The van der Waals surface area contributed by atoms with E-state index >= 15 is 0 Å². The van der Waals surface area contributed by atoms with Crippen LogP contribution in [0.25, 0.3) is 0 Å². The van der Waals surface area contributed by atoms with E-state index in [1.54, 1.807) is 12.1 Å². The third-order valence-corrected chi connectivity index (χ3v) is 8.08. The molecular weight excluding hydrogens is 589 g/mol. The summed E-state index contributed by atoms with van der Waals surface area (Å²) in [5.74, 6) is -0.355. The highest BCUT2D eigenvalue weighted by Crippen LogP contribution is 2.46. The predicted octanol–water partition coefficient (Wildman–Crippen LogP) is 4.12. The Kier molecular flexibility index (Phi) is 9.01. The molecule has 0 bridgehead atoms. The molecule has 1 aliphatic heterocycles. The first kappa shape index (κ1) is 31.4. The van der Waals surface area contributed by atoms with E-state index in [0.717, 1.165) is 16.9 Å². The number of hydrogen-bond donors (Lipinski definition) is 2. The number of para-hydroxylation sites is 2. The molecule has 2 N–H and O–H groups in total. The van der Waals surface area contributed by atoms with Crippen LogP contribution >= 0.6 is 0 Å². The van der Waals surface area contributed by atoms with E-state index in [-0.39, 0.29) is 23.1 Å². The van der Waals surface area contributed by atoms with Crippen LogP contribution in [-0.2, 0) is 15.0 Å². The molecule has 0 aliphatic carbocycles. The summed E-state index contributed by atoms with van der Waals surface area (Å²) in [4.78, 5) is 24.7. The molecule has 2 heterocycles. The van der Waals surface area contributed by atoms with Gasteiger partial charge in [0, 0.05) is 38.5 Å². The number of nitrogens with zero attached hydrogens (tertiary/aromatic N) is 6. The molecule has 0 saturated heterocycles. The van der Waals surface area contributed by atoms with E-state index in [1.807, 2.05) is 30.9 Å². The molecule has 3 aromatic rings. The predicted molar refractivity (Wildman–Crippen MR) is 160 cm³/mol. The minimum atomic E-state index is -4.78. The van der Waals surface area contributed by atoms with Crippen LogP contribution in [0.3, 0.4) is 0 Å². The Balaban J connectivity index is 1.73. The maximum atomic E-state index is 13.4. The Morgan fingerprint density at radius 1 is 1.09 bits per heavy atom. The van der Waals surface area contributed by atoms with Crippen molar-refractivity contribution in [3.63, 3.8) is 0 Å². The molecule has 230 valence electrons. The van der Waals surface area contributed by atoms with E-state index in [2.05, 4.69) is 27.2 Å². The summed E-state index contributed by atoms with van der Waals surface area (Å²) in [5.41, 5.74) is 1.27. The molecule has 1 aromatic heterocycles. The second-order valence-corrected chi connectivity index (χ2v) is 11.4. The van der Waals surface area contributed by atoms with Crippen molar-refractivity contribution in [3.8, 4) is 5.75 Å². The number of aromatic nitrogens is 2. The minimum absolute atomic E-state index is 0.00789. The summed E-state index contributed by atoms with van der Waals surface area (Å²) in [6, 6.07) is 10.2. The van der Waals surface area contributed by atoms with Crippen molar-refractivity contribution >= 4 is 56.3 Å². The smallest absolute Gasteiger partial charge is 0.407 e. The van der Waals surface area contributed by atoms with Crippen molar-refractivity contribution in [2.24, 2.45) is 0 Å². The zero-order valence-corrected chi connectivity index (χ0v) is 24.7. The summed E-state index contributed by atoms with van der Waals surface area (Å²) < 4.78 is 73.3. The van der Waals surface area contributed by atoms with E-state index in [4.69, 9.17) is 4.74 Å². The van der Waals surface area contributed by atoms with Crippen LogP contribution < -0.4 is 28.9 Å². The third-order valence-electron chi connectivity index (χ3n) is 6.35. The lowest BCUT2D eigenvalue weighted by Crippen LogP contribution is -2.41. The number of carbonyl (C=O) groups is 1. The molecule has 12 nitrogen and oxygen atoms in total. The van der Waals surface area contributed by atoms with Crippen molar-refractivity contribution in [2.75, 3.05) is 72.0 Å². The number of alkyl halides is 3. The first-order chi connectivity index (χ1) is 20.2. The van der Waals surface area contributed by atoms with Crippen molar-refractivity contribution in [1.82, 2.24) is 14.9 Å². The summed E-state index contributed by atoms with van der Waals surface area (Å²) >= 11 is 0. The van der Waals surface area contributed by atoms with Crippen molar-refractivity contribution < 1.29 is 31.1 Å². The fourth-order valence-corrected chi connectivity index (χ4v) is 5.96. The van der Waals surface area contributed by atoms with Crippen LogP contribution in [0.2, 0.25) is 0 Å². The number of amides is 1. The van der Waals surface area contributed by atoms with Gasteiger partial charge in [-0.1, -0.05) is 18.7 Å². The first-order valence-corrected chi connectivity index (χ1v) is 14.2. The molecule has 0 spiro atoms. The van der Waals surface area contributed by atoms with E-state index in [0.29, 0.717) is 33.7 Å². The first-order valence-electron chi connectivity index (χ1n) is 12.9. The minimum Gasteiger partial charge on any atom is -0.494 e. The summed E-state index contributed by atoms with van der Waals surface area (Å²) in [6.45, 7) is 3.16. The number of fused-ring (bicyclic) bond motifs is 1. The number of likely N-dealkylation sites (N-methyl/N-ethyl adjacent to an activating group) is 2. The SMILES string of the molecule is C=CC(=O)Nc1cc(Nc2nccc(N3c4ccccc4N(CC(F)(F)F)S3(=O)=O)n2)c(OC)cc1N(C)CCN(C)C. The monoisotopic (exact) mass is 620 g/mol. The summed E-state index contributed by atoms with van der Waals surface area (Å²) in [5, 5.41) is 5.74. The van der Waals surface area contributed by atoms with E-state index < -0.39 is 28.8 Å². The standard InChI is InChI=1S/C27H31F3N8O4S/c1-6-25(39)32-18-15-19(23(42-5)16-22(18)36(4)14-13-35(2)3)33-26-31-12-11-24(34-26)38-21-10-8-7-9-20(21)37(43(38,40)41)17-27(28,29)30/h6-12,15-16H,1,13-14,17H2,2-5H3,(H,32,39)(H,31,33,34). The number of anilines is 7. The third kappa shape index (κ3) is 6.91. The average molecular weight is 621 g/mol. The van der Waals surface area contributed by atoms with Crippen LogP contribution in [0, 0.1) is 0 Å². The highest BCUT2D eigenvalue weighted by Gasteiger charge is 2.47. The van der Waals surface area contributed by atoms with Crippen molar-refractivity contribution in [3.05, 3.63) is 61.3 Å². The quantitative estimate of drug-likeness (QED) is 0.305. The maximum absolute atomic E-state index is 13.4. The highest BCUT2D eigenvalue weighted by atomic mass is 32.2. The number of methoxy groups -OCH3 is 1. The molecule has 0 atom stereocenters. The van der Waals surface area contributed by atoms with Gasteiger partial charge in [-0.25, -0.2) is 13.6 Å². The number of hydrogen-bond acceptors (Lipinski definition) is 9. The van der Waals surface area contributed by atoms with Gasteiger partial charge in [0.15, 0.2) is 5.82 Å². The topological polar surface area (TPSA) is 123 Å². The lowest BCUT2D eigenvalue weighted by molar-refractivity contribution is -0.117. The largest absolute Gasteiger partial charge is 0.494 e. The van der Waals surface area contributed by atoms with Gasteiger partial charge < -0.3 is 25.2 Å². The Morgan fingerprint density at radius 3 is 2.42 bits per heavy atom. The van der Waals surface area contributed by atoms with Crippen LogP contribution in [-0.4, -0.2) is 83.3 Å². The number of carbonyl (C=O) groups excluding carboxylic acids is 1.